The molecule has 0 unspecified atom stereocenters. The molecule has 4 rings (SSSR count). The van der Waals surface area contributed by atoms with E-state index in [2.05, 4.69) is 9.88 Å². The average Bonchev–Trinajstić information content (AvgIpc) is 2.96. The molecule has 1 aromatic heterocycles. The Hall–Kier alpha value is -2.40. The first-order valence-corrected chi connectivity index (χ1v) is 9.11. The largest absolute Gasteiger partial charge is 0.494 e. The molecule has 0 spiro atoms. The third-order valence-corrected chi connectivity index (χ3v) is 4.95. The summed E-state index contributed by atoms with van der Waals surface area (Å²) >= 11 is 0. The Kier molecular flexibility index (Phi) is 4.89. The number of aromatic nitrogens is 1. The second-order valence-corrected chi connectivity index (χ2v) is 6.67. The fourth-order valence-electron chi connectivity index (χ4n) is 3.70. The van der Waals surface area contributed by atoms with Crippen LogP contribution in [0.2, 0.25) is 0 Å². The molecular formula is C21H22F2N2O. The predicted molar refractivity (Wildman–Crippen MR) is 98.4 cm³/mol. The molecule has 0 saturated heterocycles. The number of hydrogen-bond acceptors (Lipinski definition) is 2. The predicted octanol–water partition coefficient (Wildman–Crippen LogP) is 4.42. The molecule has 1 aliphatic heterocycles. The highest BCUT2D eigenvalue weighted by Crippen LogP contribution is 2.29. The SMILES string of the molecule is Fc1ccc(OCCCCn2c3c(c4cc(F)ccc42)CNCC3)cc1. The average molecular weight is 356 g/mol. The Morgan fingerprint density at radius 3 is 2.65 bits per heavy atom. The molecule has 0 radical (unpaired) electrons. The van der Waals surface area contributed by atoms with Crippen molar-refractivity contribution >= 4 is 10.9 Å². The van der Waals surface area contributed by atoms with Crippen LogP contribution < -0.4 is 10.1 Å². The van der Waals surface area contributed by atoms with Crippen molar-refractivity contribution in [3.8, 4) is 5.75 Å². The van der Waals surface area contributed by atoms with Crippen LogP contribution in [-0.2, 0) is 19.5 Å². The minimum Gasteiger partial charge on any atom is -0.494 e. The molecular weight excluding hydrogens is 334 g/mol. The highest BCUT2D eigenvalue weighted by atomic mass is 19.1. The van der Waals surface area contributed by atoms with Crippen LogP contribution in [0.15, 0.2) is 42.5 Å². The van der Waals surface area contributed by atoms with Gasteiger partial charge in [0.05, 0.1) is 6.61 Å². The Morgan fingerprint density at radius 1 is 1.00 bits per heavy atom. The molecule has 0 amide bonds. The van der Waals surface area contributed by atoms with Gasteiger partial charge in [-0.3, -0.25) is 0 Å². The number of benzene rings is 2. The van der Waals surface area contributed by atoms with E-state index < -0.39 is 0 Å². The summed E-state index contributed by atoms with van der Waals surface area (Å²) in [6.45, 7) is 3.25. The lowest BCUT2D eigenvalue weighted by molar-refractivity contribution is 0.303. The van der Waals surface area contributed by atoms with E-state index in [0.29, 0.717) is 12.4 Å². The fourth-order valence-corrected chi connectivity index (χ4v) is 3.70. The number of fused-ring (bicyclic) bond motifs is 3. The zero-order valence-corrected chi connectivity index (χ0v) is 14.6. The molecule has 0 saturated carbocycles. The third kappa shape index (κ3) is 3.44. The summed E-state index contributed by atoms with van der Waals surface area (Å²) < 4.78 is 34.6. The van der Waals surface area contributed by atoms with Gasteiger partial charge in [0.15, 0.2) is 0 Å². The van der Waals surface area contributed by atoms with E-state index in [0.717, 1.165) is 49.8 Å². The van der Waals surface area contributed by atoms with Crippen LogP contribution in [0, 0.1) is 11.6 Å². The number of nitrogens with zero attached hydrogens (tertiary/aromatic N) is 1. The Bertz CT molecular complexity index is 903. The minimum absolute atomic E-state index is 0.185. The van der Waals surface area contributed by atoms with Gasteiger partial charge in [-0.2, -0.15) is 0 Å². The highest BCUT2D eigenvalue weighted by molar-refractivity contribution is 5.86. The van der Waals surface area contributed by atoms with Crippen LogP contribution >= 0.6 is 0 Å². The van der Waals surface area contributed by atoms with Gasteiger partial charge in [0.2, 0.25) is 0 Å². The van der Waals surface area contributed by atoms with E-state index in [1.165, 1.54) is 29.5 Å². The number of halogens is 2. The van der Waals surface area contributed by atoms with Crippen molar-refractivity contribution in [2.75, 3.05) is 13.2 Å². The van der Waals surface area contributed by atoms with Crippen molar-refractivity contribution in [3.05, 3.63) is 65.4 Å². The summed E-state index contributed by atoms with van der Waals surface area (Å²) in [5.74, 6) is 0.250. The Labute approximate surface area is 151 Å². The maximum absolute atomic E-state index is 13.7. The van der Waals surface area contributed by atoms with Crippen molar-refractivity contribution in [2.45, 2.75) is 32.4 Å². The van der Waals surface area contributed by atoms with Crippen LogP contribution in [0.25, 0.3) is 10.9 Å². The number of unbranched alkanes of at least 4 members (excludes halogenated alkanes) is 1. The highest BCUT2D eigenvalue weighted by Gasteiger charge is 2.19. The Balaban J connectivity index is 1.41. The first kappa shape index (κ1) is 17.0. The topological polar surface area (TPSA) is 26.2 Å². The second kappa shape index (κ2) is 7.46. The zero-order chi connectivity index (χ0) is 17.9. The lowest BCUT2D eigenvalue weighted by Crippen LogP contribution is -2.24. The molecule has 2 heterocycles. The van der Waals surface area contributed by atoms with E-state index in [1.54, 1.807) is 18.2 Å². The first-order chi connectivity index (χ1) is 12.7. The summed E-state index contributed by atoms with van der Waals surface area (Å²) in [4.78, 5) is 0. The van der Waals surface area contributed by atoms with E-state index >= 15 is 0 Å². The van der Waals surface area contributed by atoms with Crippen LogP contribution in [0.4, 0.5) is 8.78 Å². The van der Waals surface area contributed by atoms with E-state index in [1.807, 2.05) is 6.07 Å². The molecule has 1 N–H and O–H groups in total. The molecule has 1 aliphatic rings. The molecule has 0 atom stereocenters. The molecule has 2 aromatic carbocycles. The summed E-state index contributed by atoms with van der Waals surface area (Å²) in [5, 5.41) is 4.40. The first-order valence-electron chi connectivity index (χ1n) is 9.11. The van der Waals surface area contributed by atoms with Gasteiger partial charge in [0, 0.05) is 42.7 Å². The number of rotatable bonds is 6. The molecule has 26 heavy (non-hydrogen) atoms. The molecule has 136 valence electrons. The van der Waals surface area contributed by atoms with Crippen molar-refractivity contribution in [2.24, 2.45) is 0 Å². The van der Waals surface area contributed by atoms with Gasteiger partial charge in [0.1, 0.15) is 17.4 Å². The normalized spacial score (nSPS) is 13.8. The number of aryl methyl sites for hydroxylation is 1. The standard InChI is InChI=1S/C21H22F2N2O/c22-15-3-6-17(7-4-15)26-12-2-1-11-25-20-8-5-16(23)13-18(20)19-14-24-10-9-21(19)25/h3-8,13,24H,1-2,9-12,14H2. The van der Waals surface area contributed by atoms with Crippen LogP contribution in [0.3, 0.4) is 0 Å². The second-order valence-electron chi connectivity index (χ2n) is 6.67. The maximum atomic E-state index is 13.7. The molecule has 3 nitrogen and oxygen atoms in total. The van der Waals surface area contributed by atoms with E-state index in [9.17, 15) is 8.78 Å². The molecule has 0 bridgehead atoms. The monoisotopic (exact) mass is 356 g/mol. The summed E-state index contributed by atoms with van der Waals surface area (Å²) in [5.41, 5.74) is 3.66. The number of nitrogens with one attached hydrogen (secondary N) is 1. The maximum Gasteiger partial charge on any atom is 0.123 e. The summed E-state index contributed by atoms with van der Waals surface area (Å²) in [6.07, 6.45) is 2.85. The number of ether oxygens (including phenoxy) is 1. The van der Waals surface area contributed by atoms with Crippen molar-refractivity contribution < 1.29 is 13.5 Å². The quantitative estimate of drug-likeness (QED) is 0.662. The minimum atomic E-state index is -0.257. The lowest BCUT2D eigenvalue weighted by atomic mass is 10.1. The fraction of sp³-hybridized carbons (Fsp3) is 0.333. The van der Waals surface area contributed by atoms with Gasteiger partial charge in [0.25, 0.3) is 0 Å². The smallest absolute Gasteiger partial charge is 0.123 e. The van der Waals surface area contributed by atoms with Crippen LogP contribution in [0.5, 0.6) is 5.75 Å². The molecule has 0 aliphatic carbocycles. The molecule has 5 heteroatoms. The van der Waals surface area contributed by atoms with Crippen LogP contribution in [-0.4, -0.2) is 17.7 Å². The zero-order valence-electron chi connectivity index (χ0n) is 14.6. The van der Waals surface area contributed by atoms with Gasteiger partial charge in [-0.05, 0) is 60.9 Å². The number of hydrogen-bond donors (Lipinski definition) is 1. The summed E-state index contributed by atoms with van der Waals surface area (Å²) in [7, 11) is 0. The molecule has 0 fully saturated rings. The lowest BCUT2D eigenvalue weighted by Gasteiger charge is -2.17. The van der Waals surface area contributed by atoms with Gasteiger partial charge in [-0.25, -0.2) is 8.78 Å². The van der Waals surface area contributed by atoms with Crippen LogP contribution in [0.1, 0.15) is 24.1 Å². The molecule has 3 aromatic rings. The van der Waals surface area contributed by atoms with Gasteiger partial charge in [-0.15, -0.1) is 0 Å². The van der Waals surface area contributed by atoms with Crippen molar-refractivity contribution in [3.63, 3.8) is 0 Å². The van der Waals surface area contributed by atoms with Gasteiger partial charge < -0.3 is 14.6 Å². The van der Waals surface area contributed by atoms with Gasteiger partial charge >= 0.3 is 0 Å². The summed E-state index contributed by atoms with van der Waals surface area (Å²) in [6, 6.07) is 11.2. The third-order valence-electron chi connectivity index (χ3n) is 4.95. The van der Waals surface area contributed by atoms with Crippen molar-refractivity contribution in [1.29, 1.82) is 0 Å². The van der Waals surface area contributed by atoms with Gasteiger partial charge in [-0.1, -0.05) is 0 Å². The Morgan fingerprint density at radius 2 is 1.81 bits per heavy atom. The van der Waals surface area contributed by atoms with Crippen molar-refractivity contribution in [1.82, 2.24) is 9.88 Å². The van der Waals surface area contributed by atoms with E-state index in [-0.39, 0.29) is 11.6 Å². The van der Waals surface area contributed by atoms with E-state index in [4.69, 9.17) is 4.74 Å².